The zero-order chi connectivity index (χ0) is 68.4. The number of nitrogens with one attached hydrogen (secondary N) is 5. The molecule has 0 atom stereocenters. The van der Waals surface area contributed by atoms with E-state index >= 15 is 0 Å². The molecule has 0 aliphatic carbocycles. The Labute approximate surface area is 580 Å². The Morgan fingerprint density at radius 2 is 0.948 bits per heavy atom. The first kappa shape index (κ1) is 68.4. The van der Waals surface area contributed by atoms with Gasteiger partial charge in [-0.2, -0.15) is 13.4 Å². The van der Waals surface area contributed by atoms with Crippen LogP contribution in [-0.2, 0) is 23.1 Å². The minimum Gasteiger partial charge on any atom is -0.497 e. The van der Waals surface area contributed by atoms with Crippen molar-refractivity contribution in [2.45, 2.75) is 18.0 Å². The van der Waals surface area contributed by atoms with E-state index in [1.807, 2.05) is 164 Å². The first-order valence-corrected chi connectivity index (χ1v) is 32.5. The fraction of sp³-hybridized carbons (Fsp3) is 0.0597. The van der Waals surface area contributed by atoms with Crippen molar-refractivity contribution in [1.82, 2.24) is 48.8 Å². The Morgan fingerprint density at radius 3 is 1.42 bits per heavy atom. The first-order valence-electron chi connectivity index (χ1n) is 29.1. The van der Waals surface area contributed by atoms with Crippen molar-refractivity contribution >= 4 is 96.3 Å². The molecule has 0 fully saturated rings. The summed E-state index contributed by atoms with van der Waals surface area (Å²) in [6.07, 6.45) is 6.88. The molecule has 13 N–H and O–H groups in total. The average molecular weight is 1450 g/mol. The van der Waals surface area contributed by atoms with E-state index in [-0.39, 0.29) is 16.8 Å². The van der Waals surface area contributed by atoms with Crippen LogP contribution in [0.4, 0.5) is 34.3 Å². The topological polar surface area (TPSA) is 344 Å². The number of carbonyl (C=O) groups excluding carboxylic acids is 1. The molecule has 25 nitrogen and oxygen atoms in total. The van der Waals surface area contributed by atoms with Gasteiger partial charge in [0.2, 0.25) is 35.5 Å². The number of carbonyl (C=O) groups is 1. The Balaban J connectivity index is 0.000000141. The summed E-state index contributed by atoms with van der Waals surface area (Å²) in [4.78, 5) is 36.1. The zero-order valence-electron chi connectivity index (χ0n) is 51.5. The van der Waals surface area contributed by atoms with Gasteiger partial charge in [-0.05, 0) is 84.4 Å². The maximum Gasteiger partial charge on any atom is 0.338 e. The third kappa shape index (κ3) is 18.7. The molecule has 8 aromatic carbocycles. The van der Waals surface area contributed by atoms with Crippen LogP contribution >= 0.6 is 50.7 Å². The second-order valence-electron chi connectivity index (χ2n) is 20.5. The Kier molecular flexibility index (Phi) is 22.6. The first-order chi connectivity index (χ1) is 46.9. The van der Waals surface area contributed by atoms with E-state index in [9.17, 15) is 13.2 Å². The molecule has 0 saturated carbocycles. The molecule has 0 spiro atoms. The van der Waals surface area contributed by atoms with Gasteiger partial charge < -0.3 is 53.1 Å². The number of halogens is 4. The van der Waals surface area contributed by atoms with Crippen LogP contribution in [0.25, 0.3) is 56.4 Å². The van der Waals surface area contributed by atoms with Gasteiger partial charge in [-0.15, -0.1) is 0 Å². The lowest BCUT2D eigenvalue weighted by Gasteiger charge is -2.11. The van der Waals surface area contributed by atoms with Crippen LogP contribution in [0.1, 0.15) is 11.5 Å². The summed E-state index contributed by atoms with van der Waals surface area (Å²) < 4.78 is 47.3. The van der Waals surface area contributed by atoms with Gasteiger partial charge >= 0.3 is 6.03 Å². The molecule has 13 aromatic rings. The molecule has 0 aliphatic rings. The Hall–Kier alpha value is -11.5. The van der Waals surface area contributed by atoms with E-state index in [0.29, 0.717) is 68.8 Å². The van der Waals surface area contributed by atoms with E-state index in [0.717, 1.165) is 60.7 Å². The lowest BCUT2D eigenvalue weighted by atomic mass is 10.2. The summed E-state index contributed by atoms with van der Waals surface area (Å²) in [6, 6.07) is 62.2. The molecule has 0 unspecified atom stereocenters. The van der Waals surface area contributed by atoms with E-state index < -0.39 is 16.1 Å². The highest BCUT2D eigenvalue weighted by atomic mass is 79.9. The van der Waals surface area contributed by atoms with Crippen molar-refractivity contribution in [2.75, 3.05) is 63.6 Å². The highest BCUT2D eigenvalue weighted by Gasteiger charge is 2.18. The lowest BCUT2D eigenvalue weighted by Crippen LogP contribution is -2.28. The molecule has 5 heterocycles. The minimum atomic E-state index is -3.75. The molecule has 0 saturated heterocycles. The number of aromatic nitrogens is 10. The SMILES string of the molecule is COc1cc(CNn2cc(-c3ccccc3)nc2N)cc(OC)c1.Nc1nc(-c2ccccc2)cn1NC(=O)Nc1ccc(Cl)c(Cl)c1.Nc1nc(-c2ccccc2)cn1NCc1nc(-c2ccc(Cl)cc2)no1.Nc1nc(-c2ccccc2)cn1NS(=O)(=O)c1ccc(Br)cc1. The highest BCUT2D eigenvalue weighted by Crippen LogP contribution is 2.28. The number of benzene rings is 8. The summed E-state index contributed by atoms with van der Waals surface area (Å²) in [5.74, 6) is 3.41. The number of nitrogens with zero attached hydrogens (tertiary/aromatic N) is 10. The summed E-state index contributed by atoms with van der Waals surface area (Å²) in [5.41, 5.74) is 41.5. The lowest BCUT2D eigenvalue weighted by molar-refractivity contribution is 0.260. The van der Waals surface area contributed by atoms with Crippen molar-refractivity contribution in [3.8, 4) is 67.9 Å². The Bertz CT molecular complexity index is 4830. The van der Waals surface area contributed by atoms with Gasteiger partial charge in [0.1, 0.15) is 18.0 Å². The molecular weight excluding hydrogens is 1390 g/mol. The number of amides is 2. The van der Waals surface area contributed by atoms with Gasteiger partial charge in [-0.25, -0.2) is 53.7 Å². The van der Waals surface area contributed by atoms with E-state index in [2.05, 4.69) is 72.4 Å². The molecule has 30 heteroatoms. The number of anilines is 5. The van der Waals surface area contributed by atoms with Crippen molar-refractivity contribution in [2.24, 2.45) is 0 Å². The molecule has 0 radical (unpaired) electrons. The molecule has 97 heavy (non-hydrogen) atoms. The van der Waals surface area contributed by atoms with E-state index in [1.54, 1.807) is 78.4 Å². The fourth-order valence-electron chi connectivity index (χ4n) is 8.97. The maximum atomic E-state index is 12.4. The number of ether oxygens (including phenoxy) is 2. The third-order valence-corrected chi connectivity index (χ3v) is 16.6. The predicted octanol–water partition coefficient (Wildman–Crippen LogP) is 13.5. The second kappa shape index (κ2) is 32.1. The average Bonchev–Trinajstić information content (AvgIpc) is 1.76. The standard InChI is InChI=1S/C18H15ClN6O.C18H20N4O2.C16H13Cl2N5O.C15H13BrN4O2S/c19-14-8-6-13(7-9-14)17-23-16(26-24-17)10-21-25-11-15(22-18(25)20)12-4-2-1-3-5-12;1-23-15-8-13(9-16(10-15)24-2)11-20-22-12-17(21-18(22)19)14-6-4-3-5-7-14;17-12-7-6-11(8-13(12)18)20-16(24)22-23-9-14(21-15(23)19)10-4-2-1-3-5-10;16-12-6-8-13(9-7-12)23(21,22)19-20-10-14(18-15(20)17)11-4-2-1-3-5-11/h1-9,11,21H,10H2,(H2,20,22);3-10,12,20H,11H2,1-2H3,(H2,19,21);1-9H,(H2,19,21)(H2,20,22,24);1-10,19H,(H2,17,18). The van der Waals surface area contributed by atoms with Crippen LogP contribution in [-0.4, -0.2) is 77.4 Å². The van der Waals surface area contributed by atoms with Crippen LogP contribution < -0.4 is 58.8 Å². The van der Waals surface area contributed by atoms with Crippen LogP contribution in [0.3, 0.4) is 0 Å². The van der Waals surface area contributed by atoms with Gasteiger partial charge in [-0.1, -0.05) is 177 Å². The molecule has 494 valence electrons. The zero-order valence-corrected chi connectivity index (χ0v) is 56.2. The van der Waals surface area contributed by atoms with Crippen molar-refractivity contribution < 1.29 is 27.2 Å². The predicted molar refractivity (Wildman–Crippen MR) is 384 cm³/mol. The van der Waals surface area contributed by atoms with Crippen LogP contribution in [0.2, 0.25) is 15.1 Å². The van der Waals surface area contributed by atoms with Crippen molar-refractivity contribution in [1.29, 1.82) is 0 Å². The van der Waals surface area contributed by atoms with Gasteiger partial charge in [-0.3, -0.25) is 0 Å². The number of imidazole rings is 4. The largest absolute Gasteiger partial charge is 0.497 e. The normalized spacial score (nSPS) is 10.7. The Morgan fingerprint density at radius 1 is 0.505 bits per heavy atom. The third-order valence-electron chi connectivity index (χ3n) is 13.8. The molecule has 0 aliphatic heterocycles. The van der Waals surface area contributed by atoms with Gasteiger partial charge in [0.25, 0.3) is 10.0 Å². The number of nitrogen functional groups attached to an aromatic ring is 4. The summed E-state index contributed by atoms with van der Waals surface area (Å²) in [5, 5.41) is 8.03. The second-order valence-corrected chi connectivity index (χ2v) is 24.4. The number of sulfonamides is 1. The van der Waals surface area contributed by atoms with Crippen LogP contribution in [0.5, 0.6) is 11.5 Å². The summed E-state index contributed by atoms with van der Waals surface area (Å²) in [6.45, 7) is 0.873. The number of hydrogen-bond donors (Lipinski definition) is 9. The molecule has 13 rings (SSSR count). The number of methoxy groups -OCH3 is 2. The number of hydrogen-bond acceptors (Lipinski definition) is 18. The van der Waals surface area contributed by atoms with Crippen molar-refractivity contribution in [3.63, 3.8) is 0 Å². The molecule has 5 aromatic heterocycles. The number of urea groups is 1. The summed E-state index contributed by atoms with van der Waals surface area (Å²) in [7, 11) is -0.487. The monoisotopic (exact) mass is 1440 g/mol. The molecular formula is C67H61BrCl3N19O6S. The minimum absolute atomic E-state index is 0.0598. The smallest absolute Gasteiger partial charge is 0.338 e. The van der Waals surface area contributed by atoms with Crippen molar-refractivity contribution in [3.05, 3.63) is 262 Å². The van der Waals surface area contributed by atoms with E-state index in [1.165, 1.54) is 21.5 Å². The van der Waals surface area contributed by atoms with Crippen LogP contribution in [0, 0.1) is 0 Å². The number of rotatable bonds is 18. The van der Waals surface area contributed by atoms with E-state index in [4.69, 9.17) is 71.7 Å². The molecule has 0 bridgehead atoms. The van der Waals surface area contributed by atoms with Gasteiger partial charge in [0.15, 0.2) is 0 Å². The quantitative estimate of drug-likeness (QED) is 0.0385. The fourth-order valence-corrected chi connectivity index (χ4v) is 10.7. The van der Waals surface area contributed by atoms with Gasteiger partial charge in [0, 0.05) is 49.1 Å². The summed E-state index contributed by atoms with van der Waals surface area (Å²) >= 11 is 20.9. The van der Waals surface area contributed by atoms with Gasteiger partial charge in [0.05, 0.1) is 83.3 Å². The molecule has 2 amide bonds. The maximum absolute atomic E-state index is 12.4. The number of nitrogens with two attached hydrogens (primary N) is 4. The highest BCUT2D eigenvalue weighted by molar-refractivity contribution is 9.10. The van der Waals surface area contributed by atoms with Crippen LogP contribution in [0.15, 0.2) is 245 Å².